The molecule has 2 heterocycles. The quantitative estimate of drug-likeness (QED) is 0.485. The molecule has 0 saturated carbocycles. The van der Waals surface area contributed by atoms with E-state index in [1.165, 1.54) is 12.1 Å². The summed E-state index contributed by atoms with van der Waals surface area (Å²) in [6, 6.07) is 15.9. The average Bonchev–Trinajstić information content (AvgIpc) is 3.28. The van der Waals surface area contributed by atoms with Gasteiger partial charge in [-0.15, -0.1) is 0 Å². The third-order valence-electron chi connectivity index (χ3n) is 4.63. The van der Waals surface area contributed by atoms with Crippen LogP contribution in [-0.4, -0.2) is 33.8 Å². The molecule has 1 saturated heterocycles. The van der Waals surface area contributed by atoms with E-state index < -0.39 is 0 Å². The van der Waals surface area contributed by atoms with Gasteiger partial charge in [-0.3, -0.25) is 0 Å². The molecular weight excluding hydrogens is 369 g/mol. The van der Waals surface area contributed by atoms with E-state index in [0.717, 1.165) is 37.2 Å². The molecule has 1 aromatic heterocycles. The summed E-state index contributed by atoms with van der Waals surface area (Å²) in [5, 5.41) is 7.57. The fourth-order valence-electron chi connectivity index (χ4n) is 3.07. The lowest BCUT2D eigenvalue weighted by atomic mass is 10.1. The van der Waals surface area contributed by atoms with Crippen molar-refractivity contribution in [2.45, 2.75) is 19.8 Å². The van der Waals surface area contributed by atoms with Crippen LogP contribution in [0.5, 0.6) is 0 Å². The smallest absolute Gasteiger partial charge is 0.250 e. The minimum absolute atomic E-state index is 0.279. The summed E-state index contributed by atoms with van der Waals surface area (Å²) in [5.74, 6) is 1.14. The molecule has 8 heteroatoms. The molecule has 0 bridgehead atoms. The molecule has 1 aliphatic heterocycles. The van der Waals surface area contributed by atoms with E-state index >= 15 is 0 Å². The molecule has 0 aliphatic carbocycles. The van der Waals surface area contributed by atoms with Gasteiger partial charge in [-0.05, 0) is 49.6 Å². The number of hydrogen-bond donors (Lipinski definition) is 2. The SMILES string of the molecule is C/C(=N/Nc1nc(Nc2ccccc2)nc(N2CCCC2)n1)c1ccc(F)cc1. The van der Waals surface area contributed by atoms with Gasteiger partial charge in [0.1, 0.15) is 5.82 Å². The predicted molar refractivity (Wildman–Crippen MR) is 113 cm³/mol. The lowest BCUT2D eigenvalue weighted by Crippen LogP contribution is -2.22. The first-order valence-electron chi connectivity index (χ1n) is 9.57. The van der Waals surface area contributed by atoms with Crippen molar-refractivity contribution in [2.75, 3.05) is 28.7 Å². The van der Waals surface area contributed by atoms with Crippen LogP contribution in [0.3, 0.4) is 0 Å². The lowest BCUT2D eigenvalue weighted by Gasteiger charge is -2.16. The number of para-hydroxylation sites is 1. The highest BCUT2D eigenvalue weighted by Crippen LogP contribution is 2.21. The highest BCUT2D eigenvalue weighted by atomic mass is 19.1. The Morgan fingerprint density at radius 1 is 0.931 bits per heavy atom. The molecule has 4 rings (SSSR count). The number of hydrogen-bond acceptors (Lipinski definition) is 7. The molecule has 0 amide bonds. The topological polar surface area (TPSA) is 78.3 Å². The second kappa shape index (κ2) is 8.64. The Hall–Kier alpha value is -3.55. The van der Waals surface area contributed by atoms with Crippen LogP contribution in [0.15, 0.2) is 59.7 Å². The van der Waals surface area contributed by atoms with Crippen molar-refractivity contribution >= 4 is 29.2 Å². The third kappa shape index (κ3) is 4.84. The summed E-state index contributed by atoms with van der Waals surface area (Å²) in [4.78, 5) is 15.7. The van der Waals surface area contributed by atoms with Gasteiger partial charge < -0.3 is 10.2 Å². The zero-order valence-electron chi connectivity index (χ0n) is 16.1. The summed E-state index contributed by atoms with van der Waals surface area (Å²) in [6.07, 6.45) is 2.25. The van der Waals surface area contributed by atoms with Crippen molar-refractivity contribution < 1.29 is 4.39 Å². The second-order valence-corrected chi connectivity index (χ2v) is 6.78. The van der Waals surface area contributed by atoms with E-state index in [4.69, 9.17) is 0 Å². The van der Waals surface area contributed by atoms with E-state index in [2.05, 4.69) is 35.7 Å². The van der Waals surface area contributed by atoms with E-state index in [1.807, 2.05) is 37.3 Å². The minimum Gasteiger partial charge on any atom is -0.341 e. The van der Waals surface area contributed by atoms with Crippen molar-refractivity contribution in [1.82, 2.24) is 15.0 Å². The van der Waals surface area contributed by atoms with Crippen molar-refractivity contribution in [3.05, 3.63) is 66.0 Å². The summed E-state index contributed by atoms with van der Waals surface area (Å²) in [6.45, 7) is 3.68. The molecule has 29 heavy (non-hydrogen) atoms. The molecule has 1 aliphatic rings. The zero-order valence-corrected chi connectivity index (χ0v) is 16.1. The highest BCUT2D eigenvalue weighted by molar-refractivity contribution is 5.98. The van der Waals surface area contributed by atoms with Crippen molar-refractivity contribution in [3.8, 4) is 0 Å². The number of nitrogens with zero attached hydrogens (tertiary/aromatic N) is 5. The van der Waals surface area contributed by atoms with Gasteiger partial charge in [0.25, 0.3) is 0 Å². The Kier molecular flexibility index (Phi) is 5.60. The number of anilines is 4. The summed E-state index contributed by atoms with van der Waals surface area (Å²) in [5.41, 5.74) is 5.32. The van der Waals surface area contributed by atoms with Crippen LogP contribution in [0.4, 0.5) is 27.9 Å². The second-order valence-electron chi connectivity index (χ2n) is 6.78. The summed E-state index contributed by atoms with van der Waals surface area (Å²) >= 11 is 0. The van der Waals surface area contributed by atoms with Gasteiger partial charge in [-0.1, -0.05) is 30.3 Å². The molecule has 0 radical (unpaired) electrons. The first kappa shape index (κ1) is 18.8. The van der Waals surface area contributed by atoms with Crippen LogP contribution >= 0.6 is 0 Å². The number of nitrogens with one attached hydrogen (secondary N) is 2. The molecule has 0 spiro atoms. The maximum absolute atomic E-state index is 13.1. The average molecular weight is 391 g/mol. The molecule has 0 atom stereocenters. The van der Waals surface area contributed by atoms with Crippen molar-refractivity contribution in [3.63, 3.8) is 0 Å². The summed E-state index contributed by atoms with van der Waals surface area (Å²) in [7, 11) is 0. The fraction of sp³-hybridized carbons (Fsp3) is 0.238. The van der Waals surface area contributed by atoms with Gasteiger partial charge in [0, 0.05) is 18.8 Å². The molecule has 2 aromatic carbocycles. The van der Waals surface area contributed by atoms with E-state index in [1.54, 1.807) is 12.1 Å². The normalized spacial score (nSPS) is 14.1. The highest BCUT2D eigenvalue weighted by Gasteiger charge is 2.17. The van der Waals surface area contributed by atoms with Crippen LogP contribution in [0.2, 0.25) is 0 Å². The van der Waals surface area contributed by atoms with E-state index in [-0.39, 0.29) is 5.82 Å². The zero-order chi connectivity index (χ0) is 20.1. The molecule has 7 nitrogen and oxygen atoms in total. The van der Waals surface area contributed by atoms with Gasteiger partial charge in [0.15, 0.2) is 0 Å². The standard InChI is InChI=1S/C21H22FN7/c1-15(16-9-11-17(22)12-10-16)27-28-20-24-19(23-18-7-3-2-4-8-18)25-21(26-20)29-13-5-6-14-29/h2-4,7-12H,5-6,13-14H2,1H3,(H2,23,24,25,26,28)/b27-15-. The molecular formula is C21H22FN7. The molecule has 3 aromatic rings. The van der Waals surface area contributed by atoms with Crippen LogP contribution in [0, 0.1) is 5.82 Å². The van der Waals surface area contributed by atoms with Crippen LogP contribution in [0.1, 0.15) is 25.3 Å². The molecule has 148 valence electrons. The minimum atomic E-state index is -0.279. The Morgan fingerprint density at radius 2 is 1.62 bits per heavy atom. The largest absolute Gasteiger partial charge is 0.341 e. The van der Waals surface area contributed by atoms with Gasteiger partial charge in [0.05, 0.1) is 5.71 Å². The molecule has 2 N–H and O–H groups in total. The molecule has 0 unspecified atom stereocenters. The van der Waals surface area contributed by atoms with E-state index in [0.29, 0.717) is 23.6 Å². The first-order valence-corrected chi connectivity index (χ1v) is 9.57. The Bertz CT molecular complexity index is 984. The third-order valence-corrected chi connectivity index (χ3v) is 4.63. The van der Waals surface area contributed by atoms with Gasteiger partial charge in [-0.25, -0.2) is 9.82 Å². The predicted octanol–water partition coefficient (Wildman–Crippen LogP) is 4.19. The Balaban J connectivity index is 1.59. The molecule has 1 fully saturated rings. The maximum Gasteiger partial charge on any atom is 0.250 e. The number of rotatable bonds is 6. The van der Waals surface area contributed by atoms with Crippen LogP contribution in [-0.2, 0) is 0 Å². The van der Waals surface area contributed by atoms with Crippen LogP contribution in [0.25, 0.3) is 0 Å². The Morgan fingerprint density at radius 3 is 2.34 bits per heavy atom. The fourth-order valence-corrected chi connectivity index (χ4v) is 3.07. The van der Waals surface area contributed by atoms with Gasteiger partial charge in [0.2, 0.25) is 17.8 Å². The van der Waals surface area contributed by atoms with Gasteiger partial charge >= 0.3 is 0 Å². The number of halogens is 1. The monoisotopic (exact) mass is 391 g/mol. The number of hydrazone groups is 1. The van der Waals surface area contributed by atoms with Crippen molar-refractivity contribution in [1.29, 1.82) is 0 Å². The summed E-state index contributed by atoms with van der Waals surface area (Å²) < 4.78 is 13.1. The number of aromatic nitrogens is 3. The van der Waals surface area contributed by atoms with Crippen LogP contribution < -0.4 is 15.6 Å². The lowest BCUT2D eigenvalue weighted by molar-refractivity contribution is 0.628. The van der Waals surface area contributed by atoms with E-state index in [9.17, 15) is 4.39 Å². The van der Waals surface area contributed by atoms with Crippen molar-refractivity contribution in [2.24, 2.45) is 5.10 Å². The Labute approximate surface area is 168 Å². The maximum atomic E-state index is 13.1. The first-order chi connectivity index (χ1) is 14.2. The number of benzene rings is 2. The van der Waals surface area contributed by atoms with Gasteiger partial charge in [-0.2, -0.15) is 20.1 Å².